The van der Waals surface area contributed by atoms with E-state index in [0.717, 1.165) is 4.90 Å². The van der Waals surface area contributed by atoms with E-state index in [1.807, 2.05) is 0 Å². The van der Waals surface area contributed by atoms with Crippen LogP contribution in [0, 0.1) is 11.6 Å². The van der Waals surface area contributed by atoms with Crippen LogP contribution in [-0.4, -0.2) is 35.6 Å². The van der Waals surface area contributed by atoms with Gasteiger partial charge < -0.3 is 14.8 Å². The van der Waals surface area contributed by atoms with Gasteiger partial charge in [-0.05, 0) is 77.5 Å². The Morgan fingerprint density at radius 1 is 1.00 bits per heavy atom. The highest BCUT2D eigenvalue weighted by Gasteiger charge is 2.36. The van der Waals surface area contributed by atoms with Crippen LogP contribution < -0.4 is 14.8 Å². The van der Waals surface area contributed by atoms with E-state index in [1.165, 1.54) is 49.6 Å². The smallest absolute Gasteiger partial charge is 0.294 e. The Hall–Kier alpha value is -4.18. The molecule has 0 aliphatic carbocycles. The molecule has 1 aliphatic heterocycles. The van der Waals surface area contributed by atoms with E-state index in [-0.39, 0.29) is 17.3 Å². The van der Waals surface area contributed by atoms with Crippen molar-refractivity contribution in [2.75, 3.05) is 19.0 Å². The molecule has 10 heteroatoms. The summed E-state index contributed by atoms with van der Waals surface area (Å²) in [6.07, 6.45) is 1.52. The van der Waals surface area contributed by atoms with Crippen LogP contribution in [0.3, 0.4) is 0 Å². The summed E-state index contributed by atoms with van der Waals surface area (Å²) in [5.74, 6) is -1.20. The van der Waals surface area contributed by atoms with Crippen LogP contribution in [0.25, 0.3) is 6.08 Å². The molecule has 3 amide bonds. The van der Waals surface area contributed by atoms with Crippen LogP contribution in [0.5, 0.6) is 11.5 Å². The van der Waals surface area contributed by atoms with E-state index < -0.39 is 29.4 Å². The van der Waals surface area contributed by atoms with Crippen molar-refractivity contribution in [2.45, 2.75) is 6.61 Å². The molecule has 0 spiro atoms. The fraction of sp³-hybridized carbons (Fsp3) is 0.115. The van der Waals surface area contributed by atoms with Gasteiger partial charge in [-0.25, -0.2) is 8.78 Å². The second-order valence-electron chi connectivity index (χ2n) is 7.65. The molecule has 0 bridgehead atoms. The summed E-state index contributed by atoms with van der Waals surface area (Å²) in [4.78, 5) is 38.4. The van der Waals surface area contributed by atoms with E-state index in [4.69, 9.17) is 9.47 Å². The molecule has 3 aromatic carbocycles. The zero-order valence-electron chi connectivity index (χ0n) is 19.0. The van der Waals surface area contributed by atoms with Gasteiger partial charge in [0.1, 0.15) is 24.8 Å². The molecule has 36 heavy (non-hydrogen) atoms. The Labute approximate surface area is 209 Å². The molecule has 1 aliphatic rings. The van der Waals surface area contributed by atoms with Gasteiger partial charge in [0.05, 0.1) is 12.0 Å². The average molecular weight is 511 g/mol. The first-order chi connectivity index (χ1) is 17.3. The lowest BCUT2D eigenvalue weighted by molar-refractivity contribution is -0.127. The molecule has 1 saturated heterocycles. The largest absolute Gasteiger partial charge is 0.493 e. The number of carbonyl (C=O) groups excluding carboxylic acids is 3. The van der Waals surface area contributed by atoms with E-state index >= 15 is 0 Å². The maximum absolute atomic E-state index is 13.4. The van der Waals surface area contributed by atoms with Crippen molar-refractivity contribution in [3.8, 4) is 11.5 Å². The number of thioether (sulfide) groups is 1. The van der Waals surface area contributed by atoms with Crippen LogP contribution in [0.15, 0.2) is 71.6 Å². The molecule has 0 atom stereocenters. The molecule has 0 saturated carbocycles. The van der Waals surface area contributed by atoms with Gasteiger partial charge >= 0.3 is 0 Å². The van der Waals surface area contributed by atoms with Crippen LogP contribution >= 0.6 is 11.8 Å². The Balaban J connectivity index is 1.42. The van der Waals surface area contributed by atoms with Crippen molar-refractivity contribution in [2.24, 2.45) is 0 Å². The SMILES string of the molecule is COc1cc(/C=C2\SC(=O)N(CC(=O)Nc3ccc(F)cc3)C2=O)ccc1OCc1cccc(F)c1. The highest BCUT2D eigenvalue weighted by atomic mass is 32.2. The topological polar surface area (TPSA) is 84.9 Å². The van der Waals surface area contributed by atoms with Gasteiger partial charge in [0, 0.05) is 5.69 Å². The number of hydrogen-bond acceptors (Lipinski definition) is 6. The van der Waals surface area contributed by atoms with Crippen molar-refractivity contribution < 1.29 is 32.6 Å². The van der Waals surface area contributed by atoms with Crippen LogP contribution in [0.2, 0.25) is 0 Å². The first-order valence-electron chi connectivity index (χ1n) is 10.7. The van der Waals surface area contributed by atoms with Crippen molar-refractivity contribution in [1.29, 1.82) is 0 Å². The van der Waals surface area contributed by atoms with E-state index in [1.54, 1.807) is 30.3 Å². The fourth-order valence-corrected chi connectivity index (χ4v) is 4.18. The van der Waals surface area contributed by atoms with Gasteiger partial charge in [0.2, 0.25) is 5.91 Å². The third-order valence-electron chi connectivity index (χ3n) is 5.07. The third-order valence-corrected chi connectivity index (χ3v) is 5.98. The minimum absolute atomic E-state index is 0.131. The fourth-order valence-electron chi connectivity index (χ4n) is 3.35. The van der Waals surface area contributed by atoms with Gasteiger partial charge in [-0.15, -0.1) is 0 Å². The van der Waals surface area contributed by atoms with E-state index in [0.29, 0.717) is 40.1 Å². The number of hydrogen-bond donors (Lipinski definition) is 1. The molecule has 7 nitrogen and oxygen atoms in total. The number of benzene rings is 3. The summed E-state index contributed by atoms with van der Waals surface area (Å²) < 4.78 is 37.5. The van der Waals surface area contributed by atoms with Crippen LogP contribution in [-0.2, 0) is 16.2 Å². The number of methoxy groups -OCH3 is 1. The summed E-state index contributed by atoms with van der Waals surface area (Å²) >= 11 is 0.715. The van der Waals surface area contributed by atoms with E-state index in [2.05, 4.69) is 5.32 Å². The number of nitrogens with zero attached hydrogens (tertiary/aromatic N) is 1. The predicted molar refractivity (Wildman–Crippen MR) is 131 cm³/mol. The molecule has 4 rings (SSSR count). The molecule has 3 aromatic rings. The predicted octanol–water partition coefficient (Wildman–Crippen LogP) is 5.23. The zero-order chi connectivity index (χ0) is 25.7. The highest BCUT2D eigenvalue weighted by Crippen LogP contribution is 2.34. The number of halogens is 2. The Kier molecular flexibility index (Phi) is 7.65. The Morgan fingerprint density at radius 2 is 1.78 bits per heavy atom. The quantitative estimate of drug-likeness (QED) is 0.418. The highest BCUT2D eigenvalue weighted by molar-refractivity contribution is 8.18. The Morgan fingerprint density at radius 3 is 2.50 bits per heavy atom. The third kappa shape index (κ3) is 6.08. The van der Waals surface area contributed by atoms with Crippen LogP contribution in [0.4, 0.5) is 19.3 Å². The number of carbonyl (C=O) groups is 3. The summed E-state index contributed by atoms with van der Waals surface area (Å²) in [6, 6.07) is 16.1. The first kappa shape index (κ1) is 24.9. The number of rotatable bonds is 8. The molecule has 0 aromatic heterocycles. The number of amides is 3. The first-order valence-corrected chi connectivity index (χ1v) is 11.5. The number of anilines is 1. The van der Waals surface area contributed by atoms with Crippen molar-refractivity contribution >= 4 is 40.6 Å². The van der Waals surface area contributed by atoms with Gasteiger partial charge in [-0.2, -0.15) is 0 Å². The van der Waals surface area contributed by atoms with Crippen molar-refractivity contribution in [1.82, 2.24) is 4.90 Å². The second-order valence-corrected chi connectivity index (χ2v) is 8.65. The lowest BCUT2D eigenvalue weighted by atomic mass is 10.1. The van der Waals surface area contributed by atoms with Crippen molar-refractivity contribution in [3.05, 3.63) is 94.4 Å². The monoisotopic (exact) mass is 510 g/mol. The number of imide groups is 1. The summed E-state index contributed by atoms with van der Waals surface area (Å²) in [7, 11) is 1.46. The van der Waals surface area contributed by atoms with Gasteiger partial charge in [-0.1, -0.05) is 18.2 Å². The summed E-state index contributed by atoms with van der Waals surface area (Å²) in [5.41, 5.74) is 1.57. The zero-order valence-corrected chi connectivity index (χ0v) is 19.8. The molecule has 0 unspecified atom stereocenters. The van der Waals surface area contributed by atoms with E-state index in [9.17, 15) is 23.2 Å². The standard InChI is InChI=1S/C26H20F2N2O5S/c1-34-22-12-16(5-10-21(22)35-15-17-3-2-4-19(28)11-17)13-23-25(32)30(26(33)36-23)14-24(31)29-20-8-6-18(27)7-9-20/h2-13H,14-15H2,1H3,(H,29,31)/b23-13-. The van der Waals surface area contributed by atoms with Gasteiger partial charge in [-0.3, -0.25) is 19.3 Å². The maximum Gasteiger partial charge on any atom is 0.294 e. The number of ether oxygens (including phenoxy) is 2. The average Bonchev–Trinajstić information content (AvgIpc) is 3.11. The van der Waals surface area contributed by atoms with Crippen molar-refractivity contribution in [3.63, 3.8) is 0 Å². The van der Waals surface area contributed by atoms with Crippen LogP contribution in [0.1, 0.15) is 11.1 Å². The minimum atomic E-state index is -0.607. The lowest BCUT2D eigenvalue weighted by Crippen LogP contribution is -2.36. The number of nitrogens with one attached hydrogen (secondary N) is 1. The molecule has 1 heterocycles. The molecule has 184 valence electrons. The lowest BCUT2D eigenvalue weighted by Gasteiger charge is -2.12. The molecular formula is C26H20F2N2O5S. The molecule has 1 N–H and O–H groups in total. The molecule has 1 fully saturated rings. The maximum atomic E-state index is 13.4. The van der Waals surface area contributed by atoms with Gasteiger partial charge in [0.25, 0.3) is 11.1 Å². The summed E-state index contributed by atoms with van der Waals surface area (Å²) in [5, 5.41) is 1.94. The minimum Gasteiger partial charge on any atom is -0.493 e. The molecular weight excluding hydrogens is 490 g/mol. The second kappa shape index (κ2) is 11.0. The Bertz CT molecular complexity index is 1340. The normalized spacial score (nSPS) is 14.3. The molecule has 0 radical (unpaired) electrons. The summed E-state index contributed by atoms with van der Waals surface area (Å²) in [6.45, 7) is -0.345. The van der Waals surface area contributed by atoms with Gasteiger partial charge in [0.15, 0.2) is 11.5 Å².